The van der Waals surface area contributed by atoms with Crippen LogP contribution in [-0.2, 0) is 14.1 Å². The number of nitrogen functional groups attached to an aromatic ring is 1. The number of fused-ring (bicyclic) bond motifs is 2. The van der Waals surface area contributed by atoms with Gasteiger partial charge in [-0.05, 0) is 36.6 Å². The monoisotopic (exact) mass is 522 g/mol. The molecule has 0 spiro atoms. The topological polar surface area (TPSA) is 126 Å². The number of hydrogen-bond donors (Lipinski definition) is 2. The molecule has 3 N–H and O–H groups in total. The molecule has 10 nitrogen and oxygen atoms in total. The van der Waals surface area contributed by atoms with Gasteiger partial charge in [0.1, 0.15) is 30.1 Å². The number of anilines is 1. The van der Waals surface area contributed by atoms with Gasteiger partial charge in [-0.25, -0.2) is 20.0 Å². The minimum atomic E-state index is -1.61. The molecule has 37 heavy (non-hydrogen) atoms. The van der Waals surface area contributed by atoms with Gasteiger partial charge in [0, 0.05) is 5.39 Å². The van der Waals surface area contributed by atoms with E-state index in [0.717, 1.165) is 29.9 Å². The van der Waals surface area contributed by atoms with Crippen molar-refractivity contribution in [2.75, 3.05) is 12.3 Å². The standard InChI is InChI=1S/C26H31N6O4P/c1-17(2)12-19(13-33)31-37(36-22-9-5-7-18-6-3-4-8-21(18)22)34-14-20-10-11-23(35-20)32-16-30-24-25(27)28-15-29-26(24)32/h3-9,13,15-17,19-20,23,31H,10-12,14H2,1-2H3,(H2,27,28,29)/t19?,20?,23-,37?/m1/s1. The van der Waals surface area contributed by atoms with Crippen LogP contribution < -0.4 is 15.3 Å². The second-order valence-corrected chi connectivity index (χ2v) is 10.7. The molecule has 2 aromatic heterocycles. The van der Waals surface area contributed by atoms with E-state index in [1.165, 1.54) is 6.33 Å². The number of imidazole rings is 1. The molecule has 194 valence electrons. The van der Waals surface area contributed by atoms with Crippen LogP contribution >= 0.6 is 8.53 Å². The first-order valence-electron chi connectivity index (χ1n) is 12.4. The Hall–Kier alpha value is -3.17. The Bertz CT molecular complexity index is 1360. The van der Waals surface area contributed by atoms with E-state index in [1.54, 1.807) is 6.33 Å². The largest absolute Gasteiger partial charge is 0.435 e. The van der Waals surface area contributed by atoms with Gasteiger partial charge in [-0.1, -0.05) is 50.2 Å². The summed E-state index contributed by atoms with van der Waals surface area (Å²) in [6.45, 7) is 4.48. The van der Waals surface area contributed by atoms with Crippen LogP contribution in [0, 0.1) is 5.92 Å². The van der Waals surface area contributed by atoms with Gasteiger partial charge in [0.15, 0.2) is 11.5 Å². The zero-order chi connectivity index (χ0) is 25.8. The highest BCUT2D eigenvalue weighted by Gasteiger charge is 2.30. The normalized spacial score (nSPS) is 19.4. The van der Waals surface area contributed by atoms with Crippen LogP contribution in [0.5, 0.6) is 5.75 Å². The Labute approximate surface area is 216 Å². The lowest BCUT2D eigenvalue weighted by Gasteiger charge is -2.24. The molecule has 1 aliphatic heterocycles. The SMILES string of the molecule is CC(C)CC(C=O)NP(OCC1CC[C@H](n2cnc3c(N)ncnc32)O1)Oc1cccc2ccccc12. The highest BCUT2D eigenvalue weighted by atomic mass is 31.2. The summed E-state index contributed by atoms with van der Waals surface area (Å²) in [6.07, 6.45) is 5.92. The Morgan fingerprint density at radius 2 is 2.03 bits per heavy atom. The number of ether oxygens (including phenoxy) is 1. The van der Waals surface area contributed by atoms with Crippen molar-refractivity contribution in [2.45, 2.75) is 51.5 Å². The molecule has 2 aromatic carbocycles. The summed E-state index contributed by atoms with van der Waals surface area (Å²) < 4.78 is 20.7. The fourth-order valence-corrected chi connectivity index (χ4v) is 5.74. The van der Waals surface area contributed by atoms with E-state index in [0.29, 0.717) is 41.7 Å². The third-order valence-corrected chi connectivity index (χ3v) is 7.54. The summed E-state index contributed by atoms with van der Waals surface area (Å²) in [7, 11) is -1.61. The molecule has 0 saturated carbocycles. The van der Waals surface area contributed by atoms with Crippen molar-refractivity contribution in [3.8, 4) is 5.75 Å². The average Bonchev–Trinajstić information content (AvgIpc) is 3.54. The number of carbonyl (C=O) groups is 1. The molecule has 4 atom stereocenters. The van der Waals surface area contributed by atoms with Gasteiger partial charge in [-0.15, -0.1) is 0 Å². The fourth-order valence-electron chi connectivity index (χ4n) is 4.48. The average molecular weight is 523 g/mol. The molecular weight excluding hydrogens is 491 g/mol. The minimum absolute atomic E-state index is 0.149. The number of hydrogen-bond acceptors (Lipinski definition) is 9. The maximum absolute atomic E-state index is 11.8. The molecule has 0 bridgehead atoms. The summed E-state index contributed by atoms with van der Waals surface area (Å²) in [6, 6.07) is 13.6. The second kappa shape index (κ2) is 11.5. The number of aromatic nitrogens is 4. The third-order valence-electron chi connectivity index (χ3n) is 6.25. The fraction of sp³-hybridized carbons (Fsp3) is 0.385. The van der Waals surface area contributed by atoms with Crippen molar-refractivity contribution in [2.24, 2.45) is 5.92 Å². The molecular formula is C26H31N6O4P. The summed E-state index contributed by atoms with van der Waals surface area (Å²) in [5, 5.41) is 5.35. The Balaban J connectivity index is 1.28. The van der Waals surface area contributed by atoms with Crippen molar-refractivity contribution in [1.82, 2.24) is 24.6 Å². The summed E-state index contributed by atoms with van der Waals surface area (Å²) in [5.74, 6) is 1.40. The number of nitrogens with zero attached hydrogens (tertiary/aromatic N) is 4. The maximum Gasteiger partial charge on any atom is 0.318 e. The number of nitrogens with two attached hydrogens (primary N) is 1. The highest BCUT2D eigenvalue weighted by molar-refractivity contribution is 7.45. The van der Waals surface area contributed by atoms with Crippen molar-refractivity contribution in [3.05, 3.63) is 55.1 Å². The van der Waals surface area contributed by atoms with Gasteiger partial charge in [-0.3, -0.25) is 4.57 Å². The summed E-state index contributed by atoms with van der Waals surface area (Å²) >= 11 is 0. The lowest BCUT2D eigenvalue weighted by atomic mass is 10.1. The lowest BCUT2D eigenvalue weighted by Crippen LogP contribution is -2.30. The van der Waals surface area contributed by atoms with E-state index >= 15 is 0 Å². The highest BCUT2D eigenvalue weighted by Crippen LogP contribution is 2.41. The number of benzene rings is 2. The van der Waals surface area contributed by atoms with E-state index in [1.807, 2.05) is 47.0 Å². The second-order valence-electron chi connectivity index (χ2n) is 9.50. The van der Waals surface area contributed by atoms with E-state index in [2.05, 4.69) is 33.9 Å². The van der Waals surface area contributed by atoms with Crippen molar-refractivity contribution < 1.29 is 18.6 Å². The Morgan fingerprint density at radius 3 is 2.86 bits per heavy atom. The predicted molar refractivity (Wildman–Crippen MR) is 143 cm³/mol. The van der Waals surface area contributed by atoms with Gasteiger partial charge >= 0.3 is 8.53 Å². The smallest absolute Gasteiger partial charge is 0.318 e. The molecule has 0 radical (unpaired) electrons. The molecule has 0 amide bonds. The lowest BCUT2D eigenvalue weighted by molar-refractivity contribution is -0.109. The number of aldehydes is 1. The number of carbonyl (C=O) groups excluding carboxylic acids is 1. The van der Waals surface area contributed by atoms with Gasteiger partial charge in [-0.2, -0.15) is 0 Å². The van der Waals surface area contributed by atoms with E-state index in [9.17, 15) is 4.79 Å². The molecule has 1 fully saturated rings. The van der Waals surface area contributed by atoms with Crippen LogP contribution in [0.2, 0.25) is 0 Å². The minimum Gasteiger partial charge on any atom is -0.435 e. The van der Waals surface area contributed by atoms with Crippen molar-refractivity contribution in [1.29, 1.82) is 0 Å². The zero-order valence-electron chi connectivity index (χ0n) is 20.9. The Kier molecular flexibility index (Phi) is 7.90. The van der Waals surface area contributed by atoms with Crippen molar-refractivity contribution in [3.63, 3.8) is 0 Å². The maximum atomic E-state index is 11.8. The molecule has 1 saturated heterocycles. The molecule has 3 unspecified atom stereocenters. The van der Waals surface area contributed by atoms with E-state index in [-0.39, 0.29) is 18.4 Å². The van der Waals surface area contributed by atoms with E-state index in [4.69, 9.17) is 19.5 Å². The van der Waals surface area contributed by atoms with Crippen LogP contribution in [0.15, 0.2) is 55.1 Å². The molecule has 1 aliphatic rings. The zero-order valence-corrected chi connectivity index (χ0v) is 21.8. The van der Waals surface area contributed by atoms with Gasteiger partial charge in [0.25, 0.3) is 0 Å². The first-order chi connectivity index (χ1) is 18.0. The van der Waals surface area contributed by atoms with Crippen LogP contribution in [0.3, 0.4) is 0 Å². The van der Waals surface area contributed by atoms with Crippen LogP contribution in [-0.4, -0.2) is 44.6 Å². The number of nitrogens with one attached hydrogen (secondary N) is 1. The quantitative estimate of drug-likeness (QED) is 0.212. The van der Waals surface area contributed by atoms with Crippen molar-refractivity contribution >= 4 is 42.6 Å². The van der Waals surface area contributed by atoms with E-state index < -0.39 is 8.53 Å². The molecule has 5 rings (SSSR count). The molecule has 3 heterocycles. The number of rotatable bonds is 11. The predicted octanol–water partition coefficient (Wildman–Crippen LogP) is 4.77. The van der Waals surface area contributed by atoms with Gasteiger partial charge in [0.05, 0.1) is 25.1 Å². The van der Waals surface area contributed by atoms with Crippen LogP contribution in [0.25, 0.3) is 21.9 Å². The van der Waals surface area contributed by atoms with Crippen LogP contribution in [0.1, 0.15) is 39.3 Å². The Morgan fingerprint density at radius 1 is 1.19 bits per heavy atom. The molecule has 0 aliphatic carbocycles. The van der Waals surface area contributed by atoms with Gasteiger partial charge < -0.3 is 24.3 Å². The third kappa shape index (κ3) is 5.88. The molecule has 11 heteroatoms. The first-order valence-corrected chi connectivity index (χ1v) is 13.6. The molecule has 4 aromatic rings. The van der Waals surface area contributed by atoms with Crippen LogP contribution in [0.4, 0.5) is 5.82 Å². The first kappa shape index (κ1) is 25.5. The summed E-state index contributed by atoms with van der Waals surface area (Å²) in [4.78, 5) is 24.5. The van der Waals surface area contributed by atoms with Gasteiger partial charge in [0.2, 0.25) is 0 Å². The summed E-state index contributed by atoms with van der Waals surface area (Å²) in [5.41, 5.74) is 7.13.